The number of hydrogen-bond acceptors (Lipinski definition) is 3. The van der Waals surface area contributed by atoms with Crippen LogP contribution in [-0.2, 0) is 0 Å². The fourth-order valence-electron chi connectivity index (χ4n) is 1.68. The molecule has 1 unspecified atom stereocenters. The van der Waals surface area contributed by atoms with Crippen molar-refractivity contribution in [1.29, 1.82) is 5.26 Å². The van der Waals surface area contributed by atoms with Crippen LogP contribution in [0.4, 0.5) is 4.39 Å². The summed E-state index contributed by atoms with van der Waals surface area (Å²) in [6.45, 7) is 1.62. The molecule has 1 N–H and O–H groups in total. The molecular weight excluding hydrogens is 281 g/mol. The van der Waals surface area contributed by atoms with E-state index in [4.69, 9.17) is 21.6 Å². The number of nitrogens with zero attached hydrogens (tertiary/aromatic N) is 1. The fraction of sp³-hybridized carbons (Fsp3) is 0.133. The Morgan fingerprint density at radius 2 is 2.05 bits per heavy atom. The van der Waals surface area contributed by atoms with Gasteiger partial charge in [-0.1, -0.05) is 23.7 Å². The second-order valence-corrected chi connectivity index (χ2v) is 4.60. The molecule has 0 fully saturated rings. The quantitative estimate of drug-likeness (QED) is 0.922. The van der Waals surface area contributed by atoms with Crippen LogP contribution in [0.2, 0.25) is 5.02 Å². The molecule has 0 saturated carbocycles. The van der Waals surface area contributed by atoms with Crippen LogP contribution in [0.3, 0.4) is 0 Å². The van der Waals surface area contributed by atoms with E-state index in [0.717, 1.165) is 0 Å². The first-order valence-electron chi connectivity index (χ1n) is 5.87. The van der Waals surface area contributed by atoms with Crippen molar-refractivity contribution in [2.75, 3.05) is 0 Å². The van der Waals surface area contributed by atoms with Crippen LogP contribution in [0.5, 0.6) is 11.5 Å². The Balaban J connectivity index is 2.36. The zero-order valence-electron chi connectivity index (χ0n) is 10.6. The SMILES string of the molecule is CC(O)c1ccc(Oc2cccc(F)c2C#N)c(Cl)c1. The largest absolute Gasteiger partial charge is 0.454 e. The summed E-state index contributed by atoms with van der Waals surface area (Å²) in [6.07, 6.45) is -0.648. The van der Waals surface area contributed by atoms with E-state index in [-0.39, 0.29) is 22.1 Å². The van der Waals surface area contributed by atoms with Gasteiger partial charge in [0.25, 0.3) is 0 Å². The molecule has 20 heavy (non-hydrogen) atoms. The van der Waals surface area contributed by atoms with Gasteiger partial charge >= 0.3 is 0 Å². The van der Waals surface area contributed by atoms with Crippen LogP contribution in [0.1, 0.15) is 24.2 Å². The van der Waals surface area contributed by atoms with Crippen LogP contribution in [0.25, 0.3) is 0 Å². The number of aliphatic hydroxyl groups excluding tert-OH is 1. The van der Waals surface area contributed by atoms with Crippen molar-refractivity contribution in [3.8, 4) is 17.6 Å². The molecule has 0 spiro atoms. The zero-order valence-corrected chi connectivity index (χ0v) is 11.4. The second-order valence-electron chi connectivity index (χ2n) is 4.19. The fourth-order valence-corrected chi connectivity index (χ4v) is 1.90. The molecule has 1 atom stereocenters. The van der Waals surface area contributed by atoms with Gasteiger partial charge in [-0.15, -0.1) is 0 Å². The van der Waals surface area contributed by atoms with Crippen molar-refractivity contribution >= 4 is 11.6 Å². The van der Waals surface area contributed by atoms with Gasteiger partial charge in [0, 0.05) is 0 Å². The third kappa shape index (κ3) is 2.90. The van der Waals surface area contributed by atoms with Gasteiger partial charge in [-0.2, -0.15) is 5.26 Å². The molecule has 0 heterocycles. The highest BCUT2D eigenvalue weighted by Gasteiger charge is 2.12. The normalized spacial score (nSPS) is 11.8. The standard InChI is InChI=1S/C15H11ClFNO2/c1-9(19)10-5-6-15(12(16)7-10)20-14-4-2-3-13(17)11(14)8-18/h2-7,9,19H,1H3. The minimum atomic E-state index is -0.651. The summed E-state index contributed by atoms with van der Waals surface area (Å²) in [4.78, 5) is 0. The second kappa shape index (κ2) is 5.91. The van der Waals surface area contributed by atoms with Crippen LogP contribution in [-0.4, -0.2) is 5.11 Å². The lowest BCUT2D eigenvalue weighted by Gasteiger charge is -2.11. The number of hydrogen-bond donors (Lipinski definition) is 1. The van der Waals surface area contributed by atoms with Gasteiger partial charge in [0.15, 0.2) is 0 Å². The average molecular weight is 292 g/mol. The molecule has 0 saturated heterocycles. The molecule has 102 valence electrons. The Labute approximate surface area is 120 Å². The van der Waals surface area contributed by atoms with Gasteiger partial charge in [-0.3, -0.25) is 0 Å². The van der Waals surface area contributed by atoms with Gasteiger partial charge in [0.05, 0.1) is 11.1 Å². The first kappa shape index (κ1) is 14.3. The lowest BCUT2D eigenvalue weighted by Crippen LogP contribution is -1.94. The Kier molecular flexibility index (Phi) is 4.23. The van der Waals surface area contributed by atoms with Crippen LogP contribution in [0.15, 0.2) is 36.4 Å². The number of ether oxygens (including phenoxy) is 1. The first-order chi connectivity index (χ1) is 9.52. The Hall–Kier alpha value is -2.09. The van der Waals surface area contributed by atoms with E-state index in [2.05, 4.69) is 0 Å². The lowest BCUT2D eigenvalue weighted by atomic mass is 10.1. The van der Waals surface area contributed by atoms with Crippen LogP contribution < -0.4 is 4.74 Å². The summed E-state index contributed by atoms with van der Waals surface area (Å²) in [5, 5.41) is 18.7. The number of nitriles is 1. The van der Waals surface area contributed by atoms with Gasteiger partial charge < -0.3 is 9.84 Å². The molecule has 3 nitrogen and oxygen atoms in total. The Morgan fingerprint density at radius 3 is 2.65 bits per heavy atom. The van der Waals surface area contributed by atoms with Crippen molar-refractivity contribution < 1.29 is 14.2 Å². The summed E-state index contributed by atoms with van der Waals surface area (Å²) in [5.74, 6) is -0.265. The summed E-state index contributed by atoms with van der Waals surface area (Å²) in [7, 11) is 0. The van der Waals surface area contributed by atoms with Crippen molar-refractivity contribution in [3.63, 3.8) is 0 Å². The highest BCUT2D eigenvalue weighted by atomic mass is 35.5. The predicted octanol–water partition coefficient (Wildman–Crippen LogP) is 4.20. The van der Waals surface area contributed by atoms with Crippen molar-refractivity contribution in [2.24, 2.45) is 0 Å². The summed E-state index contributed by atoms with van der Waals surface area (Å²) in [6, 6.07) is 10.6. The maximum absolute atomic E-state index is 13.5. The molecule has 2 rings (SSSR count). The van der Waals surface area contributed by atoms with E-state index in [0.29, 0.717) is 5.56 Å². The average Bonchev–Trinajstić information content (AvgIpc) is 2.41. The molecule has 0 radical (unpaired) electrons. The molecule has 0 amide bonds. The Morgan fingerprint density at radius 1 is 1.30 bits per heavy atom. The Bertz CT molecular complexity index is 680. The van der Waals surface area contributed by atoms with E-state index in [1.807, 2.05) is 0 Å². The molecule has 0 aromatic heterocycles. The van der Waals surface area contributed by atoms with Gasteiger partial charge in [0.1, 0.15) is 28.9 Å². The molecule has 0 bridgehead atoms. The molecule has 5 heteroatoms. The molecular formula is C15H11ClFNO2. The number of rotatable bonds is 3. The van der Waals surface area contributed by atoms with E-state index < -0.39 is 11.9 Å². The maximum atomic E-state index is 13.5. The molecule has 0 aliphatic rings. The first-order valence-corrected chi connectivity index (χ1v) is 6.24. The highest BCUT2D eigenvalue weighted by molar-refractivity contribution is 6.32. The molecule has 2 aromatic carbocycles. The van der Waals surface area contributed by atoms with Crippen LogP contribution >= 0.6 is 11.6 Å². The van der Waals surface area contributed by atoms with Gasteiger partial charge in [-0.25, -0.2) is 4.39 Å². The minimum absolute atomic E-state index is 0.0965. The predicted molar refractivity (Wildman–Crippen MR) is 73.3 cm³/mol. The monoisotopic (exact) mass is 291 g/mol. The third-order valence-electron chi connectivity index (χ3n) is 2.75. The summed E-state index contributed by atoms with van der Waals surface area (Å²) >= 11 is 6.05. The maximum Gasteiger partial charge on any atom is 0.148 e. The highest BCUT2D eigenvalue weighted by Crippen LogP contribution is 2.33. The van der Waals surface area contributed by atoms with Crippen molar-refractivity contribution in [1.82, 2.24) is 0 Å². The summed E-state index contributed by atoms with van der Waals surface area (Å²) in [5.41, 5.74) is 0.463. The third-order valence-corrected chi connectivity index (χ3v) is 3.04. The van der Waals surface area contributed by atoms with Crippen molar-refractivity contribution in [3.05, 3.63) is 58.4 Å². The number of benzene rings is 2. The van der Waals surface area contributed by atoms with E-state index in [9.17, 15) is 9.50 Å². The topological polar surface area (TPSA) is 53.2 Å². The smallest absolute Gasteiger partial charge is 0.148 e. The van der Waals surface area contributed by atoms with E-state index >= 15 is 0 Å². The lowest BCUT2D eigenvalue weighted by molar-refractivity contribution is 0.199. The van der Waals surface area contributed by atoms with Crippen LogP contribution in [0, 0.1) is 17.1 Å². The van der Waals surface area contributed by atoms with E-state index in [1.165, 1.54) is 18.2 Å². The number of aliphatic hydroxyl groups is 1. The summed E-state index contributed by atoms with van der Waals surface area (Å²) < 4.78 is 18.9. The van der Waals surface area contributed by atoms with Crippen molar-refractivity contribution in [2.45, 2.75) is 13.0 Å². The molecule has 0 aliphatic carbocycles. The van der Waals surface area contributed by atoms with E-state index in [1.54, 1.807) is 31.2 Å². The molecule has 0 aliphatic heterocycles. The van der Waals surface area contributed by atoms with Gasteiger partial charge in [-0.05, 0) is 36.8 Å². The molecule has 2 aromatic rings. The number of halogens is 2. The zero-order chi connectivity index (χ0) is 14.7. The van der Waals surface area contributed by atoms with Gasteiger partial charge in [0.2, 0.25) is 0 Å². The minimum Gasteiger partial charge on any atom is -0.454 e.